The van der Waals surface area contributed by atoms with Crippen molar-refractivity contribution in [2.24, 2.45) is 0 Å². The van der Waals surface area contributed by atoms with Crippen LogP contribution in [-0.2, 0) is 0 Å². The number of hydrazine groups is 1. The molecule has 0 bridgehead atoms. The third-order valence-corrected chi connectivity index (χ3v) is 3.21. The molecule has 0 radical (unpaired) electrons. The van der Waals surface area contributed by atoms with Crippen LogP contribution in [0.3, 0.4) is 0 Å². The van der Waals surface area contributed by atoms with Crippen LogP contribution in [0, 0.1) is 6.92 Å². The molecule has 1 aromatic rings. The number of ether oxygens (including phenoxy) is 1. The van der Waals surface area contributed by atoms with Crippen LogP contribution >= 0.6 is 0 Å². The molecular weight excluding hydrogens is 228 g/mol. The zero-order valence-corrected chi connectivity index (χ0v) is 10.9. The van der Waals surface area contributed by atoms with Crippen molar-refractivity contribution in [2.45, 2.75) is 32.4 Å². The van der Waals surface area contributed by atoms with Gasteiger partial charge in [0.05, 0.1) is 6.61 Å². The number of piperidine rings is 1. The van der Waals surface area contributed by atoms with Gasteiger partial charge < -0.3 is 9.84 Å². The van der Waals surface area contributed by atoms with Crippen LogP contribution in [0.15, 0.2) is 24.3 Å². The number of benzene rings is 1. The fourth-order valence-corrected chi connectivity index (χ4v) is 2.17. The van der Waals surface area contributed by atoms with Crippen LogP contribution in [-0.4, -0.2) is 36.0 Å². The van der Waals surface area contributed by atoms with Gasteiger partial charge in [-0.25, -0.2) is 10.4 Å². The first-order chi connectivity index (χ1) is 8.79. The molecule has 0 aliphatic carbocycles. The lowest BCUT2D eigenvalue weighted by atomic mass is 10.2. The first kappa shape index (κ1) is 13.3. The summed E-state index contributed by atoms with van der Waals surface area (Å²) < 4.78 is 5.79. The highest BCUT2D eigenvalue weighted by molar-refractivity contribution is 5.31. The quantitative estimate of drug-likeness (QED) is 0.781. The Morgan fingerprint density at radius 1 is 1.28 bits per heavy atom. The van der Waals surface area contributed by atoms with E-state index in [1.54, 1.807) is 0 Å². The molecule has 1 heterocycles. The zero-order chi connectivity index (χ0) is 12.8. The molecule has 1 aliphatic rings. The summed E-state index contributed by atoms with van der Waals surface area (Å²) in [5.74, 6) is 0.820. The fourth-order valence-electron chi connectivity index (χ4n) is 2.17. The maximum absolute atomic E-state index is 9.39. The molecule has 0 aromatic heterocycles. The Hall–Kier alpha value is -1.10. The summed E-state index contributed by atoms with van der Waals surface area (Å²) in [5.41, 5.74) is 4.32. The lowest BCUT2D eigenvalue weighted by molar-refractivity contribution is 0.00610. The smallest absolute Gasteiger partial charge is 0.185 e. The van der Waals surface area contributed by atoms with Gasteiger partial charge in [0.15, 0.2) is 6.23 Å². The number of hydrogen-bond acceptors (Lipinski definition) is 4. The average Bonchev–Trinajstić information content (AvgIpc) is 2.41. The summed E-state index contributed by atoms with van der Waals surface area (Å²) in [6.45, 7) is 4.01. The van der Waals surface area contributed by atoms with Gasteiger partial charge in [-0.05, 0) is 31.4 Å². The second-order valence-corrected chi connectivity index (χ2v) is 4.73. The van der Waals surface area contributed by atoms with E-state index in [1.165, 1.54) is 19.3 Å². The van der Waals surface area contributed by atoms with E-state index >= 15 is 0 Å². The lowest BCUT2D eigenvalue weighted by Gasteiger charge is -2.31. The number of nitrogens with one attached hydrogen (secondary N) is 1. The highest BCUT2D eigenvalue weighted by Gasteiger charge is 2.16. The average molecular weight is 250 g/mol. The molecule has 0 saturated carbocycles. The molecule has 1 unspecified atom stereocenters. The normalized spacial score (nSPS) is 18.6. The van der Waals surface area contributed by atoms with Gasteiger partial charge in [-0.3, -0.25) is 0 Å². The molecule has 100 valence electrons. The largest absolute Gasteiger partial charge is 0.471 e. The molecule has 1 saturated heterocycles. The maximum atomic E-state index is 9.39. The van der Waals surface area contributed by atoms with Crippen molar-refractivity contribution in [3.05, 3.63) is 29.8 Å². The molecule has 18 heavy (non-hydrogen) atoms. The van der Waals surface area contributed by atoms with E-state index in [2.05, 4.69) is 10.4 Å². The molecule has 1 aliphatic heterocycles. The van der Waals surface area contributed by atoms with Crippen LogP contribution in [0.5, 0.6) is 5.75 Å². The van der Waals surface area contributed by atoms with Crippen LogP contribution in [0.25, 0.3) is 0 Å². The number of rotatable bonds is 5. The number of para-hydroxylation sites is 1. The summed E-state index contributed by atoms with van der Waals surface area (Å²) in [6, 6.07) is 7.85. The highest BCUT2D eigenvalue weighted by atomic mass is 16.5. The minimum atomic E-state index is -0.371. The van der Waals surface area contributed by atoms with Crippen molar-refractivity contribution in [3.63, 3.8) is 0 Å². The van der Waals surface area contributed by atoms with Gasteiger partial charge in [-0.15, -0.1) is 0 Å². The van der Waals surface area contributed by atoms with E-state index in [-0.39, 0.29) is 12.8 Å². The summed E-state index contributed by atoms with van der Waals surface area (Å²) in [7, 11) is 0. The van der Waals surface area contributed by atoms with Gasteiger partial charge in [0.25, 0.3) is 0 Å². The number of aliphatic hydroxyl groups is 1. The Bertz CT molecular complexity index is 365. The third kappa shape index (κ3) is 3.70. The highest BCUT2D eigenvalue weighted by Crippen LogP contribution is 2.17. The van der Waals surface area contributed by atoms with Crippen LogP contribution in [0.1, 0.15) is 24.8 Å². The Balaban J connectivity index is 1.90. The van der Waals surface area contributed by atoms with Gasteiger partial charge in [0.2, 0.25) is 0 Å². The second kappa shape index (κ2) is 6.73. The summed E-state index contributed by atoms with van der Waals surface area (Å²) in [6.07, 6.45) is 3.33. The van der Waals surface area contributed by atoms with Crippen molar-refractivity contribution in [2.75, 3.05) is 19.7 Å². The van der Waals surface area contributed by atoms with Crippen molar-refractivity contribution < 1.29 is 9.84 Å². The minimum Gasteiger partial charge on any atom is -0.471 e. The summed E-state index contributed by atoms with van der Waals surface area (Å²) in [5, 5.41) is 11.5. The van der Waals surface area contributed by atoms with Gasteiger partial charge in [-0.1, -0.05) is 24.6 Å². The second-order valence-electron chi connectivity index (χ2n) is 4.73. The Kier molecular flexibility index (Phi) is 4.99. The molecule has 4 heteroatoms. The monoisotopic (exact) mass is 250 g/mol. The molecule has 4 nitrogen and oxygen atoms in total. The predicted octanol–water partition coefficient (Wildman–Crippen LogP) is 1.68. The first-order valence-electron chi connectivity index (χ1n) is 6.64. The van der Waals surface area contributed by atoms with E-state index in [1.807, 2.05) is 31.2 Å². The molecule has 2 N–H and O–H groups in total. The number of aryl methyl sites for hydroxylation is 1. The van der Waals surface area contributed by atoms with Gasteiger partial charge >= 0.3 is 0 Å². The molecule has 0 amide bonds. The topological polar surface area (TPSA) is 44.7 Å². The molecule has 0 spiro atoms. The molecule has 2 rings (SSSR count). The molecule has 1 fully saturated rings. The number of nitrogens with zero attached hydrogens (tertiary/aromatic N) is 1. The van der Waals surface area contributed by atoms with E-state index in [9.17, 15) is 5.11 Å². The molecular formula is C14H22N2O2. The summed E-state index contributed by atoms with van der Waals surface area (Å²) >= 11 is 0. The SMILES string of the molecule is Cc1ccccc1OC(CO)NN1CCCCC1. The van der Waals surface area contributed by atoms with Gasteiger partial charge in [0, 0.05) is 13.1 Å². The van der Waals surface area contributed by atoms with Gasteiger partial charge in [0.1, 0.15) is 5.75 Å². The Morgan fingerprint density at radius 2 is 2.00 bits per heavy atom. The van der Waals surface area contributed by atoms with Crippen LogP contribution in [0.4, 0.5) is 0 Å². The molecule has 1 atom stereocenters. The third-order valence-electron chi connectivity index (χ3n) is 3.21. The molecule has 1 aromatic carbocycles. The van der Waals surface area contributed by atoms with Crippen LogP contribution in [0.2, 0.25) is 0 Å². The zero-order valence-electron chi connectivity index (χ0n) is 10.9. The number of aliphatic hydroxyl groups excluding tert-OH is 1. The first-order valence-corrected chi connectivity index (χ1v) is 6.64. The van der Waals surface area contributed by atoms with E-state index in [0.717, 1.165) is 24.4 Å². The maximum Gasteiger partial charge on any atom is 0.185 e. The predicted molar refractivity (Wildman–Crippen MR) is 71.2 cm³/mol. The van der Waals surface area contributed by atoms with Gasteiger partial charge in [-0.2, -0.15) is 0 Å². The van der Waals surface area contributed by atoms with E-state index in [0.29, 0.717) is 0 Å². The van der Waals surface area contributed by atoms with E-state index < -0.39 is 0 Å². The fraction of sp³-hybridized carbons (Fsp3) is 0.571. The lowest BCUT2D eigenvalue weighted by Crippen LogP contribution is -2.51. The minimum absolute atomic E-state index is 0.0369. The van der Waals surface area contributed by atoms with Crippen molar-refractivity contribution in [3.8, 4) is 5.75 Å². The van der Waals surface area contributed by atoms with Crippen LogP contribution < -0.4 is 10.2 Å². The summed E-state index contributed by atoms with van der Waals surface area (Å²) in [4.78, 5) is 0. The van der Waals surface area contributed by atoms with E-state index in [4.69, 9.17) is 4.74 Å². The standard InChI is InChI=1S/C14H22N2O2/c1-12-7-3-4-8-13(12)18-14(11-17)15-16-9-5-2-6-10-16/h3-4,7-8,14-15,17H,2,5-6,9-11H2,1H3. The Morgan fingerprint density at radius 3 is 2.67 bits per heavy atom. The van der Waals surface area contributed by atoms with Crippen molar-refractivity contribution in [1.29, 1.82) is 0 Å². The van der Waals surface area contributed by atoms with Crippen molar-refractivity contribution in [1.82, 2.24) is 10.4 Å². The van der Waals surface area contributed by atoms with Crippen molar-refractivity contribution >= 4 is 0 Å². The number of hydrogen-bond donors (Lipinski definition) is 2. The Labute approximate surface area is 109 Å².